The van der Waals surface area contributed by atoms with Crippen LogP contribution in [0.1, 0.15) is 24.8 Å². The summed E-state index contributed by atoms with van der Waals surface area (Å²) in [6, 6.07) is 7.18. The highest BCUT2D eigenvalue weighted by Gasteiger charge is 2.16. The number of aryl methyl sites for hydroxylation is 1. The topological polar surface area (TPSA) is 75.3 Å². The van der Waals surface area contributed by atoms with E-state index >= 15 is 0 Å². The maximum atomic E-state index is 11.1. The molecule has 0 aliphatic carbocycles. The maximum absolute atomic E-state index is 11.1. The second-order valence-corrected chi connectivity index (χ2v) is 4.19. The van der Waals surface area contributed by atoms with Crippen LogP contribution in [0, 0.1) is 6.92 Å². The number of carboxylic acids is 1. The molecule has 0 aliphatic rings. The van der Waals surface area contributed by atoms with Crippen molar-refractivity contribution in [1.29, 1.82) is 0 Å². The van der Waals surface area contributed by atoms with Crippen LogP contribution in [0.5, 0.6) is 0 Å². The first-order valence-corrected chi connectivity index (χ1v) is 5.89. The highest BCUT2D eigenvalue weighted by Crippen LogP contribution is 2.13. The molecule has 0 amide bonds. The molecule has 0 bridgehead atoms. The van der Waals surface area contributed by atoms with Crippen molar-refractivity contribution in [2.45, 2.75) is 32.2 Å². The molecule has 17 heavy (non-hydrogen) atoms. The quantitative estimate of drug-likeness (QED) is 0.633. The number of anilines is 1. The Morgan fingerprint density at radius 1 is 1.35 bits per heavy atom. The molecule has 1 aromatic carbocycles. The van der Waals surface area contributed by atoms with E-state index in [0.29, 0.717) is 13.0 Å². The molecule has 4 nitrogen and oxygen atoms in total. The third-order valence-corrected chi connectivity index (χ3v) is 2.64. The van der Waals surface area contributed by atoms with E-state index in [1.54, 1.807) is 0 Å². The minimum atomic E-state index is -0.817. The molecule has 0 aromatic heterocycles. The van der Waals surface area contributed by atoms with Gasteiger partial charge >= 0.3 is 5.97 Å². The lowest BCUT2D eigenvalue weighted by molar-refractivity contribution is -0.138. The van der Waals surface area contributed by atoms with Crippen molar-refractivity contribution in [2.24, 2.45) is 5.73 Å². The molecule has 1 atom stereocenters. The van der Waals surface area contributed by atoms with Crippen molar-refractivity contribution in [3.63, 3.8) is 0 Å². The zero-order valence-corrected chi connectivity index (χ0v) is 10.1. The van der Waals surface area contributed by atoms with Crippen molar-refractivity contribution in [3.8, 4) is 0 Å². The fourth-order valence-corrected chi connectivity index (χ4v) is 1.60. The van der Waals surface area contributed by atoms with E-state index in [2.05, 4.69) is 5.32 Å². The van der Waals surface area contributed by atoms with Crippen molar-refractivity contribution in [2.75, 3.05) is 11.9 Å². The number of rotatable bonds is 7. The van der Waals surface area contributed by atoms with Crippen LogP contribution in [0.3, 0.4) is 0 Å². The van der Waals surface area contributed by atoms with Gasteiger partial charge in [0.15, 0.2) is 0 Å². The summed E-state index contributed by atoms with van der Waals surface area (Å²) in [5.74, 6) is -0.817. The van der Waals surface area contributed by atoms with E-state index in [-0.39, 0.29) is 0 Å². The Balaban J connectivity index is 2.54. The summed E-state index contributed by atoms with van der Waals surface area (Å²) in [5, 5.41) is 12.1. The Bertz CT molecular complexity index is 349. The zero-order chi connectivity index (χ0) is 12.7. The van der Waals surface area contributed by atoms with E-state index in [1.165, 1.54) is 0 Å². The van der Waals surface area contributed by atoms with E-state index < -0.39 is 12.0 Å². The van der Waals surface area contributed by atoms with Crippen LogP contribution < -0.4 is 11.1 Å². The molecule has 94 valence electrons. The number of aliphatic carboxylic acids is 1. The summed E-state index contributed by atoms with van der Waals surface area (Å²) < 4.78 is 0. The smallest absolute Gasteiger partial charge is 0.326 e. The first-order chi connectivity index (χ1) is 8.13. The number of carboxylic acid groups (broad SMARTS) is 1. The Morgan fingerprint density at radius 2 is 2.00 bits per heavy atom. The third-order valence-electron chi connectivity index (χ3n) is 2.64. The predicted molar refractivity (Wildman–Crippen MR) is 69.1 cm³/mol. The zero-order valence-electron chi connectivity index (χ0n) is 10.1. The molecule has 0 saturated heterocycles. The lowest BCUT2D eigenvalue weighted by Gasteiger charge is -2.15. The minimum Gasteiger partial charge on any atom is -0.480 e. The Hall–Kier alpha value is -1.55. The molecular formula is C13H20N2O2. The van der Waals surface area contributed by atoms with Crippen LogP contribution in [-0.2, 0) is 4.79 Å². The number of nitrogens with one attached hydrogen (secondary N) is 1. The van der Waals surface area contributed by atoms with Crippen molar-refractivity contribution in [1.82, 2.24) is 0 Å². The van der Waals surface area contributed by atoms with Crippen LogP contribution >= 0.6 is 0 Å². The third kappa shape index (κ3) is 4.87. The number of carbonyl (C=O) groups is 1. The van der Waals surface area contributed by atoms with Crippen molar-refractivity contribution >= 4 is 11.7 Å². The average molecular weight is 236 g/mol. The van der Waals surface area contributed by atoms with Gasteiger partial charge in [-0.1, -0.05) is 17.7 Å². The fraction of sp³-hybridized carbons (Fsp3) is 0.462. The maximum Gasteiger partial charge on any atom is 0.326 e. The molecule has 0 heterocycles. The monoisotopic (exact) mass is 236 g/mol. The van der Waals surface area contributed by atoms with E-state index in [4.69, 9.17) is 10.8 Å². The molecule has 0 radical (unpaired) electrons. The molecule has 0 unspecified atom stereocenters. The molecular weight excluding hydrogens is 216 g/mol. The second kappa shape index (κ2) is 6.91. The molecule has 1 aromatic rings. The summed E-state index contributed by atoms with van der Waals surface area (Å²) in [7, 11) is 0. The van der Waals surface area contributed by atoms with Gasteiger partial charge in [-0.15, -0.1) is 0 Å². The highest BCUT2D eigenvalue weighted by atomic mass is 16.4. The summed E-state index contributed by atoms with van der Waals surface area (Å²) in [6.45, 7) is 2.61. The van der Waals surface area contributed by atoms with E-state index in [1.807, 2.05) is 31.2 Å². The lowest BCUT2D eigenvalue weighted by atomic mass is 10.1. The van der Waals surface area contributed by atoms with Gasteiger partial charge < -0.3 is 16.2 Å². The predicted octanol–water partition coefficient (Wildman–Crippen LogP) is 1.99. The van der Waals surface area contributed by atoms with Crippen LogP contribution in [-0.4, -0.2) is 23.7 Å². The van der Waals surface area contributed by atoms with Gasteiger partial charge in [0.2, 0.25) is 0 Å². The number of nitrogens with two attached hydrogens (primary N) is 1. The first-order valence-electron chi connectivity index (χ1n) is 5.89. The molecule has 0 spiro atoms. The molecule has 0 aliphatic heterocycles. The normalized spacial score (nSPS) is 12.1. The second-order valence-electron chi connectivity index (χ2n) is 4.19. The van der Waals surface area contributed by atoms with E-state index in [0.717, 1.165) is 24.1 Å². The standard InChI is InChI=1S/C13H20N2O2/c1-10-5-7-11(8-6-10)15-12(13(16)17)4-2-3-9-14/h5-8,12,15H,2-4,9,14H2,1H3,(H,16,17)/t12-/m0/s1. The summed E-state index contributed by atoms with van der Waals surface area (Å²) in [5.41, 5.74) is 7.39. The summed E-state index contributed by atoms with van der Waals surface area (Å²) in [6.07, 6.45) is 2.28. The van der Waals surface area contributed by atoms with Crippen LogP contribution in [0.4, 0.5) is 5.69 Å². The van der Waals surface area contributed by atoms with Gasteiger partial charge in [0, 0.05) is 5.69 Å². The Kier molecular flexibility index (Phi) is 5.49. The van der Waals surface area contributed by atoms with Gasteiger partial charge in [-0.25, -0.2) is 4.79 Å². The number of hydrogen-bond acceptors (Lipinski definition) is 3. The molecule has 0 saturated carbocycles. The minimum absolute atomic E-state index is 0.538. The Morgan fingerprint density at radius 3 is 2.53 bits per heavy atom. The number of benzene rings is 1. The van der Waals surface area contributed by atoms with Gasteiger partial charge in [0.25, 0.3) is 0 Å². The lowest BCUT2D eigenvalue weighted by Crippen LogP contribution is -2.29. The molecule has 4 N–H and O–H groups in total. The molecule has 0 fully saturated rings. The van der Waals surface area contributed by atoms with Gasteiger partial charge in [-0.2, -0.15) is 0 Å². The van der Waals surface area contributed by atoms with Crippen LogP contribution in [0.25, 0.3) is 0 Å². The largest absolute Gasteiger partial charge is 0.480 e. The molecule has 1 rings (SSSR count). The van der Waals surface area contributed by atoms with E-state index in [9.17, 15) is 4.79 Å². The number of unbranched alkanes of at least 4 members (excludes halogenated alkanes) is 1. The average Bonchev–Trinajstić information content (AvgIpc) is 2.30. The van der Waals surface area contributed by atoms with Gasteiger partial charge in [-0.3, -0.25) is 0 Å². The van der Waals surface area contributed by atoms with Gasteiger partial charge in [0.05, 0.1) is 0 Å². The van der Waals surface area contributed by atoms with Gasteiger partial charge in [0.1, 0.15) is 6.04 Å². The summed E-state index contributed by atoms with van der Waals surface area (Å²) >= 11 is 0. The van der Waals surface area contributed by atoms with Crippen molar-refractivity contribution in [3.05, 3.63) is 29.8 Å². The highest BCUT2D eigenvalue weighted by molar-refractivity contribution is 5.77. The summed E-state index contributed by atoms with van der Waals surface area (Å²) in [4.78, 5) is 11.1. The SMILES string of the molecule is Cc1ccc(N[C@@H](CCCCN)C(=O)O)cc1. The van der Waals surface area contributed by atoms with Crippen molar-refractivity contribution < 1.29 is 9.90 Å². The van der Waals surface area contributed by atoms with Crippen LogP contribution in [0.2, 0.25) is 0 Å². The molecule has 4 heteroatoms. The first kappa shape index (κ1) is 13.5. The fourth-order valence-electron chi connectivity index (χ4n) is 1.60. The number of hydrogen-bond donors (Lipinski definition) is 3. The Labute approximate surface area is 102 Å². The van der Waals surface area contributed by atoms with Gasteiger partial charge in [-0.05, 0) is 44.9 Å². The van der Waals surface area contributed by atoms with Crippen LogP contribution in [0.15, 0.2) is 24.3 Å².